The van der Waals surface area contributed by atoms with Crippen LogP contribution in [-0.4, -0.2) is 25.0 Å². The van der Waals surface area contributed by atoms with Crippen molar-refractivity contribution in [3.05, 3.63) is 0 Å². The van der Waals surface area contributed by atoms with Gasteiger partial charge in [0.25, 0.3) is 0 Å². The number of hydrogen-bond acceptors (Lipinski definition) is 3. The number of methoxy groups -OCH3 is 1. The zero-order valence-electron chi connectivity index (χ0n) is 6.35. The first-order chi connectivity index (χ1) is 5.22. The second-order valence-electron chi connectivity index (χ2n) is 2.65. The van der Waals surface area contributed by atoms with E-state index in [0.717, 1.165) is 6.42 Å². The van der Waals surface area contributed by atoms with Crippen LogP contribution in [0.5, 0.6) is 0 Å². The molecule has 1 N–H and O–H groups in total. The van der Waals surface area contributed by atoms with Crippen molar-refractivity contribution in [1.82, 2.24) is 5.32 Å². The lowest BCUT2D eigenvalue weighted by Gasteiger charge is -2.35. The van der Waals surface area contributed by atoms with Crippen molar-refractivity contribution in [2.75, 3.05) is 7.11 Å². The first-order valence-corrected chi connectivity index (χ1v) is 3.48. The lowest BCUT2D eigenvalue weighted by molar-refractivity contribution is 0.149. The third-order valence-corrected chi connectivity index (χ3v) is 1.93. The van der Waals surface area contributed by atoms with E-state index >= 15 is 0 Å². The lowest BCUT2D eigenvalue weighted by Crippen LogP contribution is -2.54. The predicted octanol–water partition coefficient (Wildman–Crippen LogP) is 0.375. The first-order valence-electron chi connectivity index (χ1n) is 3.48. The van der Waals surface area contributed by atoms with Gasteiger partial charge in [-0.25, -0.2) is 4.79 Å². The Morgan fingerprint density at radius 3 is 2.55 bits per heavy atom. The molecule has 0 atom stereocenters. The number of alkyl carbamates (subject to hydrolysis) is 1. The minimum absolute atomic E-state index is 0.562. The van der Waals surface area contributed by atoms with Crippen molar-refractivity contribution >= 4 is 12.4 Å². The van der Waals surface area contributed by atoms with Crippen LogP contribution in [0.1, 0.15) is 19.3 Å². The van der Waals surface area contributed by atoms with Gasteiger partial charge in [-0.3, -0.25) is 4.79 Å². The monoisotopic (exact) mass is 156 g/mol. The molecule has 4 nitrogen and oxygen atoms in total. The van der Waals surface area contributed by atoms with Crippen molar-refractivity contribution in [1.29, 1.82) is 0 Å². The van der Waals surface area contributed by atoms with Gasteiger partial charge in [-0.2, -0.15) is 0 Å². The Morgan fingerprint density at radius 1 is 1.64 bits per heavy atom. The van der Waals surface area contributed by atoms with Crippen LogP contribution in [0.4, 0.5) is 4.79 Å². The molecule has 1 amide bonds. The topological polar surface area (TPSA) is 55.4 Å². The van der Waals surface area contributed by atoms with E-state index in [0.29, 0.717) is 12.8 Å². The Bertz CT molecular complexity index is 175. The van der Waals surface area contributed by atoms with E-state index in [-0.39, 0.29) is 0 Å². The molecule has 11 heavy (non-hydrogen) atoms. The van der Waals surface area contributed by atoms with Gasteiger partial charge in [0.2, 0.25) is 6.29 Å². The Balaban J connectivity index is 2.44. The fourth-order valence-electron chi connectivity index (χ4n) is 1.03. The van der Waals surface area contributed by atoms with Gasteiger partial charge in [0, 0.05) is 0 Å². The maximum absolute atomic E-state index is 10.7. The maximum atomic E-state index is 10.7. The summed E-state index contributed by atoms with van der Waals surface area (Å²) in [5.74, 6) is 0. The summed E-state index contributed by atoms with van der Waals surface area (Å²) in [5.41, 5.74) is -0.743. The second kappa shape index (κ2) is 2.90. The van der Waals surface area contributed by atoms with E-state index < -0.39 is 11.6 Å². The number of nitrogens with one attached hydrogen (secondary N) is 1. The molecule has 0 saturated heterocycles. The summed E-state index contributed by atoms with van der Waals surface area (Å²) >= 11 is 0. The molecule has 0 aromatic heterocycles. The number of ether oxygens (including phenoxy) is 1. The summed E-state index contributed by atoms with van der Waals surface area (Å²) in [6, 6.07) is 0. The molecule has 0 heterocycles. The second-order valence-corrected chi connectivity index (χ2v) is 2.65. The summed E-state index contributed by atoms with van der Waals surface area (Å²) in [5, 5.41) is 2.44. The van der Waals surface area contributed by atoms with E-state index in [9.17, 15) is 9.59 Å². The molecule has 1 fully saturated rings. The molecular weight excluding hydrogens is 146 g/mol. The zero-order valence-corrected chi connectivity index (χ0v) is 6.35. The van der Waals surface area contributed by atoms with Gasteiger partial charge < -0.3 is 10.1 Å². The van der Waals surface area contributed by atoms with Crippen molar-refractivity contribution in [2.24, 2.45) is 0 Å². The quantitative estimate of drug-likeness (QED) is 0.628. The Morgan fingerprint density at radius 2 is 2.27 bits per heavy atom. The average Bonchev–Trinajstić information content (AvgIpc) is 1.96. The Kier molecular flexibility index (Phi) is 2.12. The molecule has 1 saturated carbocycles. The van der Waals surface area contributed by atoms with E-state index in [2.05, 4.69) is 10.1 Å². The van der Waals surface area contributed by atoms with Gasteiger partial charge in [-0.1, -0.05) is 0 Å². The lowest BCUT2D eigenvalue weighted by atomic mass is 9.78. The molecule has 0 unspecified atom stereocenters. The molecule has 0 aromatic rings. The molecule has 1 aliphatic carbocycles. The van der Waals surface area contributed by atoms with Crippen molar-refractivity contribution in [3.8, 4) is 0 Å². The van der Waals surface area contributed by atoms with E-state index in [1.165, 1.54) is 7.11 Å². The highest BCUT2D eigenvalue weighted by Crippen LogP contribution is 2.29. The van der Waals surface area contributed by atoms with Crippen LogP contribution < -0.4 is 5.32 Å². The highest BCUT2D eigenvalue weighted by atomic mass is 16.5. The molecule has 1 radical (unpaired) electrons. The molecule has 61 valence electrons. The minimum atomic E-state index is -0.743. The highest BCUT2D eigenvalue weighted by molar-refractivity contribution is 5.77. The van der Waals surface area contributed by atoms with Crippen molar-refractivity contribution < 1.29 is 14.3 Å². The SMILES string of the molecule is COC(=O)NC1([C]=O)CCC1. The van der Waals surface area contributed by atoms with E-state index in [1.54, 1.807) is 0 Å². The minimum Gasteiger partial charge on any atom is -0.453 e. The molecule has 1 aliphatic rings. The van der Waals surface area contributed by atoms with Gasteiger partial charge in [0.15, 0.2) is 0 Å². The smallest absolute Gasteiger partial charge is 0.407 e. The number of rotatable bonds is 2. The normalized spacial score (nSPS) is 19.7. The fourth-order valence-corrected chi connectivity index (χ4v) is 1.03. The Hall–Kier alpha value is -1.06. The number of carbonyl (C=O) groups excluding carboxylic acids is 2. The Labute approximate surface area is 64.9 Å². The van der Waals surface area contributed by atoms with Gasteiger partial charge in [-0.15, -0.1) is 0 Å². The summed E-state index contributed by atoms with van der Waals surface area (Å²) in [7, 11) is 1.27. The van der Waals surface area contributed by atoms with Crippen LogP contribution in [0.15, 0.2) is 0 Å². The highest BCUT2D eigenvalue weighted by Gasteiger charge is 2.39. The van der Waals surface area contributed by atoms with Crippen LogP contribution in [0, 0.1) is 0 Å². The molecule has 4 heteroatoms. The van der Waals surface area contributed by atoms with Crippen LogP contribution in [0.25, 0.3) is 0 Å². The predicted molar refractivity (Wildman–Crippen MR) is 37.8 cm³/mol. The van der Waals surface area contributed by atoms with Gasteiger partial charge in [-0.05, 0) is 19.3 Å². The molecule has 0 aromatic carbocycles. The maximum Gasteiger partial charge on any atom is 0.407 e. The van der Waals surface area contributed by atoms with Crippen LogP contribution >= 0.6 is 0 Å². The zero-order chi connectivity index (χ0) is 8.32. The summed E-state index contributed by atoms with van der Waals surface area (Å²) < 4.78 is 4.35. The molecule has 1 rings (SSSR count). The van der Waals surface area contributed by atoms with Crippen molar-refractivity contribution in [3.63, 3.8) is 0 Å². The molecule has 0 spiro atoms. The third kappa shape index (κ3) is 1.50. The molecular formula is C7H10NO3. The van der Waals surface area contributed by atoms with Gasteiger partial charge in [0.1, 0.15) is 5.54 Å². The fraction of sp³-hybridized carbons (Fsp3) is 0.714. The number of hydrogen-bond donors (Lipinski definition) is 1. The first kappa shape index (κ1) is 8.04. The van der Waals surface area contributed by atoms with Gasteiger partial charge >= 0.3 is 6.09 Å². The summed E-state index contributed by atoms with van der Waals surface area (Å²) in [6.07, 6.45) is 3.56. The van der Waals surface area contributed by atoms with Gasteiger partial charge in [0.05, 0.1) is 7.11 Å². The summed E-state index contributed by atoms with van der Waals surface area (Å²) in [4.78, 5) is 21.0. The van der Waals surface area contributed by atoms with Crippen LogP contribution in [-0.2, 0) is 9.53 Å². The number of amides is 1. The van der Waals surface area contributed by atoms with Crippen LogP contribution in [0.2, 0.25) is 0 Å². The third-order valence-electron chi connectivity index (χ3n) is 1.93. The molecule has 0 aliphatic heterocycles. The molecule has 0 bridgehead atoms. The summed E-state index contributed by atoms with van der Waals surface area (Å²) in [6.45, 7) is 0. The van der Waals surface area contributed by atoms with E-state index in [4.69, 9.17) is 0 Å². The van der Waals surface area contributed by atoms with E-state index in [1.807, 2.05) is 6.29 Å². The largest absolute Gasteiger partial charge is 0.453 e. The number of carbonyl (C=O) groups is 1. The average molecular weight is 156 g/mol. The standard InChI is InChI=1S/C7H10NO3/c1-11-6(10)8-7(5-9)3-2-4-7/h2-4H2,1H3,(H,8,10). The van der Waals surface area contributed by atoms with Crippen molar-refractivity contribution in [2.45, 2.75) is 24.8 Å². The van der Waals surface area contributed by atoms with Crippen LogP contribution in [0.3, 0.4) is 0 Å².